The minimum Gasteiger partial charge on any atom is -0.367 e. The quantitative estimate of drug-likeness (QED) is 0.681. The summed E-state index contributed by atoms with van der Waals surface area (Å²) in [6, 6.07) is 20.2. The molecular weight excluding hydrogens is 389 g/mol. The molecular formula is C26H26FN3O. The summed E-state index contributed by atoms with van der Waals surface area (Å²) >= 11 is 0. The van der Waals surface area contributed by atoms with Gasteiger partial charge in [0, 0.05) is 36.0 Å². The number of hydrogen-bond donors (Lipinski definition) is 1. The molecule has 1 aliphatic rings. The van der Waals surface area contributed by atoms with Crippen LogP contribution >= 0.6 is 0 Å². The largest absolute Gasteiger partial charge is 0.367 e. The first-order valence-corrected chi connectivity index (χ1v) is 10.4. The number of aliphatic imine (C=N–C) groups is 1. The summed E-state index contributed by atoms with van der Waals surface area (Å²) < 4.78 is 13.5. The van der Waals surface area contributed by atoms with E-state index in [1.165, 1.54) is 12.1 Å². The summed E-state index contributed by atoms with van der Waals surface area (Å²) in [5, 5.41) is 3.05. The van der Waals surface area contributed by atoms with Gasteiger partial charge < -0.3 is 10.2 Å². The fourth-order valence-corrected chi connectivity index (χ4v) is 3.81. The van der Waals surface area contributed by atoms with Crippen molar-refractivity contribution in [1.82, 2.24) is 5.32 Å². The monoisotopic (exact) mass is 415 g/mol. The Balaban J connectivity index is 1.61. The molecule has 1 atom stereocenters. The number of anilines is 1. The molecule has 0 saturated carbocycles. The molecule has 1 heterocycles. The predicted octanol–water partition coefficient (Wildman–Crippen LogP) is 4.53. The zero-order chi connectivity index (χ0) is 22.0. The maximum absolute atomic E-state index is 13.5. The van der Waals surface area contributed by atoms with E-state index in [0.29, 0.717) is 18.7 Å². The number of amides is 1. The second-order valence-corrected chi connectivity index (χ2v) is 8.06. The van der Waals surface area contributed by atoms with Gasteiger partial charge in [0.2, 0.25) is 0 Å². The molecule has 0 aromatic heterocycles. The van der Waals surface area contributed by atoms with Crippen LogP contribution in [0.2, 0.25) is 0 Å². The van der Waals surface area contributed by atoms with Crippen LogP contribution in [0.3, 0.4) is 0 Å². The van der Waals surface area contributed by atoms with Crippen LogP contribution in [0.4, 0.5) is 10.1 Å². The number of benzodiazepines with no additional fused rings is 1. The molecule has 1 amide bonds. The van der Waals surface area contributed by atoms with E-state index in [4.69, 9.17) is 4.99 Å². The zero-order valence-corrected chi connectivity index (χ0v) is 18.0. The van der Waals surface area contributed by atoms with E-state index in [9.17, 15) is 9.18 Å². The molecule has 31 heavy (non-hydrogen) atoms. The Morgan fingerprint density at radius 2 is 1.71 bits per heavy atom. The van der Waals surface area contributed by atoms with Gasteiger partial charge in [-0.15, -0.1) is 0 Å². The average molecular weight is 416 g/mol. The summed E-state index contributed by atoms with van der Waals surface area (Å²) in [4.78, 5) is 19.7. The summed E-state index contributed by atoms with van der Waals surface area (Å²) in [6.07, 6.45) is 0. The average Bonchev–Trinajstić information content (AvgIpc) is 2.90. The predicted molar refractivity (Wildman–Crippen MR) is 124 cm³/mol. The Morgan fingerprint density at radius 3 is 2.42 bits per heavy atom. The molecule has 0 unspecified atom stereocenters. The maximum atomic E-state index is 13.5. The normalized spacial score (nSPS) is 15.7. The van der Waals surface area contributed by atoms with E-state index >= 15 is 0 Å². The first-order valence-electron chi connectivity index (χ1n) is 10.4. The van der Waals surface area contributed by atoms with Crippen molar-refractivity contribution in [3.63, 3.8) is 0 Å². The van der Waals surface area contributed by atoms with Crippen LogP contribution in [0.25, 0.3) is 0 Å². The SMILES string of the molecule is Cc1ccc(C(=O)NC[C@@H]2CN=C(c3ccc(F)cc3)c3ccc(C)cc3N2C)cc1. The first kappa shape index (κ1) is 20.8. The molecule has 4 rings (SSSR count). The van der Waals surface area contributed by atoms with Gasteiger partial charge in [-0.1, -0.05) is 29.8 Å². The van der Waals surface area contributed by atoms with Gasteiger partial charge in [0.1, 0.15) is 5.82 Å². The zero-order valence-electron chi connectivity index (χ0n) is 18.0. The Morgan fingerprint density at radius 1 is 1.03 bits per heavy atom. The Hall–Kier alpha value is -3.47. The van der Waals surface area contributed by atoms with Crippen LogP contribution in [0.5, 0.6) is 0 Å². The summed E-state index contributed by atoms with van der Waals surface area (Å²) in [5.41, 5.74) is 6.69. The summed E-state index contributed by atoms with van der Waals surface area (Å²) in [6.45, 7) is 5.04. The number of nitrogens with one attached hydrogen (secondary N) is 1. The van der Waals surface area contributed by atoms with E-state index in [1.54, 1.807) is 12.1 Å². The van der Waals surface area contributed by atoms with Crippen LogP contribution in [-0.2, 0) is 0 Å². The molecule has 0 fully saturated rings. The number of hydrogen-bond acceptors (Lipinski definition) is 3. The lowest BCUT2D eigenvalue weighted by atomic mass is 9.99. The van der Waals surface area contributed by atoms with Gasteiger partial charge >= 0.3 is 0 Å². The van der Waals surface area contributed by atoms with E-state index in [1.807, 2.05) is 38.2 Å². The van der Waals surface area contributed by atoms with Gasteiger partial charge in [0.15, 0.2) is 0 Å². The van der Waals surface area contributed by atoms with Gasteiger partial charge in [-0.3, -0.25) is 9.79 Å². The fourth-order valence-electron chi connectivity index (χ4n) is 3.81. The molecule has 0 aliphatic carbocycles. The van der Waals surface area contributed by atoms with Crippen molar-refractivity contribution in [1.29, 1.82) is 0 Å². The molecule has 0 bridgehead atoms. The smallest absolute Gasteiger partial charge is 0.251 e. The molecule has 0 spiro atoms. The summed E-state index contributed by atoms with van der Waals surface area (Å²) in [7, 11) is 2.03. The second-order valence-electron chi connectivity index (χ2n) is 8.06. The van der Waals surface area contributed by atoms with Crippen LogP contribution in [-0.4, -0.2) is 37.8 Å². The number of halogens is 1. The molecule has 4 nitrogen and oxygen atoms in total. The standard InChI is InChI=1S/C26H26FN3O/c1-17-4-7-20(8-5-17)26(31)29-16-22-15-28-25(19-9-11-21(27)12-10-19)23-13-6-18(2)14-24(23)30(22)3/h4-14,22H,15-16H2,1-3H3,(H,29,31)/t22-/m0/s1. The van der Waals surface area contributed by atoms with Gasteiger partial charge in [0.25, 0.3) is 5.91 Å². The van der Waals surface area contributed by atoms with Gasteiger partial charge in [-0.2, -0.15) is 0 Å². The Kier molecular flexibility index (Phi) is 5.85. The molecule has 1 aliphatic heterocycles. The maximum Gasteiger partial charge on any atom is 0.251 e. The molecule has 0 saturated heterocycles. The van der Waals surface area contributed by atoms with Crippen LogP contribution < -0.4 is 10.2 Å². The van der Waals surface area contributed by atoms with Crippen molar-refractivity contribution in [2.24, 2.45) is 4.99 Å². The topological polar surface area (TPSA) is 44.7 Å². The van der Waals surface area contributed by atoms with Crippen molar-refractivity contribution in [2.45, 2.75) is 19.9 Å². The van der Waals surface area contributed by atoms with Gasteiger partial charge in [0.05, 0.1) is 18.3 Å². The van der Waals surface area contributed by atoms with Crippen molar-refractivity contribution in [3.8, 4) is 0 Å². The van der Waals surface area contributed by atoms with Crippen LogP contribution in [0.1, 0.15) is 32.6 Å². The molecule has 158 valence electrons. The number of nitrogens with zero attached hydrogens (tertiary/aromatic N) is 2. The third-order valence-corrected chi connectivity index (χ3v) is 5.73. The summed E-state index contributed by atoms with van der Waals surface area (Å²) in [5.74, 6) is -0.360. The van der Waals surface area contributed by atoms with Gasteiger partial charge in [-0.05, 0) is 61.9 Å². The highest BCUT2D eigenvalue weighted by molar-refractivity contribution is 6.16. The van der Waals surface area contributed by atoms with E-state index in [0.717, 1.165) is 33.7 Å². The van der Waals surface area contributed by atoms with Gasteiger partial charge in [-0.25, -0.2) is 4.39 Å². The second kappa shape index (κ2) is 8.72. The van der Waals surface area contributed by atoms with E-state index in [2.05, 4.69) is 35.3 Å². The molecule has 5 heteroatoms. The number of benzene rings is 3. The lowest BCUT2D eigenvalue weighted by Gasteiger charge is -2.29. The molecule has 1 N–H and O–H groups in total. The lowest BCUT2D eigenvalue weighted by molar-refractivity contribution is 0.0951. The molecule has 0 radical (unpaired) electrons. The third kappa shape index (κ3) is 4.50. The first-order chi connectivity index (χ1) is 14.9. The number of carbonyl (C=O) groups is 1. The van der Waals surface area contributed by atoms with Crippen LogP contribution in [0.15, 0.2) is 71.7 Å². The third-order valence-electron chi connectivity index (χ3n) is 5.73. The van der Waals surface area contributed by atoms with Crippen molar-refractivity contribution in [2.75, 3.05) is 25.0 Å². The Labute approximate surface area is 182 Å². The Bertz CT molecular complexity index is 1120. The highest BCUT2D eigenvalue weighted by atomic mass is 19.1. The minimum absolute atomic E-state index is 0.00658. The molecule has 3 aromatic carbocycles. The van der Waals surface area contributed by atoms with Crippen LogP contribution in [0, 0.1) is 19.7 Å². The van der Waals surface area contributed by atoms with E-state index in [-0.39, 0.29) is 17.8 Å². The number of fused-ring (bicyclic) bond motifs is 1. The van der Waals surface area contributed by atoms with Crippen molar-refractivity contribution < 1.29 is 9.18 Å². The molecule has 3 aromatic rings. The highest BCUT2D eigenvalue weighted by Crippen LogP contribution is 2.29. The highest BCUT2D eigenvalue weighted by Gasteiger charge is 2.25. The fraction of sp³-hybridized carbons (Fsp3) is 0.231. The lowest BCUT2D eigenvalue weighted by Crippen LogP contribution is -2.43. The number of carbonyl (C=O) groups excluding carboxylic acids is 1. The van der Waals surface area contributed by atoms with Crippen molar-refractivity contribution in [3.05, 3.63) is 100 Å². The number of aryl methyl sites for hydroxylation is 2. The minimum atomic E-state index is -0.268. The van der Waals surface area contributed by atoms with E-state index < -0.39 is 0 Å². The number of rotatable bonds is 4. The number of likely N-dealkylation sites (N-methyl/N-ethyl adjacent to an activating group) is 1. The van der Waals surface area contributed by atoms with Crippen molar-refractivity contribution >= 4 is 17.3 Å².